The van der Waals surface area contributed by atoms with Crippen LogP contribution < -0.4 is 15.8 Å². The van der Waals surface area contributed by atoms with Crippen LogP contribution in [0.25, 0.3) is 0 Å². The van der Waals surface area contributed by atoms with E-state index in [2.05, 4.69) is 19.2 Å². The molecule has 0 fully saturated rings. The van der Waals surface area contributed by atoms with Gasteiger partial charge in [-0.3, -0.25) is 0 Å². The largest absolute Gasteiger partial charge is 0.497 e. The summed E-state index contributed by atoms with van der Waals surface area (Å²) >= 11 is 0. The molecule has 0 saturated heterocycles. The third-order valence-corrected chi connectivity index (χ3v) is 2.65. The van der Waals surface area contributed by atoms with Crippen LogP contribution in [0.15, 0.2) is 18.2 Å². The zero-order valence-electron chi connectivity index (χ0n) is 10.4. The van der Waals surface area contributed by atoms with E-state index in [-0.39, 0.29) is 0 Å². The Kier molecular flexibility index (Phi) is 4.96. The predicted octanol–water partition coefficient (Wildman–Crippen LogP) is 3.27. The number of nitrogens with two attached hydrogens (primary N) is 1. The van der Waals surface area contributed by atoms with Gasteiger partial charge in [-0.15, -0.1) is 0 Å². The van der Waals surface area contributed by atoms with Gasteiger partial charge >= 0.3 is 0 Å². The number of methoxy groups -OCH3 is 1. The lowest BCUT2D eigenvalue weighted by Gasteiger charge is -2.17. The molecule has 1 atom stereocenters. The van der Waals surface area contributed by atoms with E-state index in [1.807, 2.05) is 18.2 Å². The molecule has 16 heavy (non-hydrogen) atoms. The summed E-state index contributed by atoms with van der Waals surface area (Å²) < 4.78 is 5.18. The van der Waals surface area contributed by atoms with Crippen molar-refractivity contribution in [3.63, 3.8) is 0 Å². The van der Waals surface area contributed by atoms with Crippen molar-refractivity contribution in [3.05, 3.63) is 18.2 Å². The van der Waals surface area contributed by atoms with Gasteiger partial charge in [0.1, 0.15) is 5.75 Å². The third-order valence-electron chi connectivity index (χ3n) is 2.65. The number of hydrogen-bond acceptors (Lipinski definition) is 3. The highest BCUT2D eigenvalue weighted by atomic mass is 16.5. The van der Waals surface area contributed by atoms with E-state index < -0.39 is 0 Å². The predicted molar refractivity (Wildman–Crippen MR) is 70.0 cm³/mol. The highest BCUT2D eigenvalue weighted by molar-refractivity contribution is 5.68. The van der Waals surface area contributed by atoms with Crippen LogP contribution in [0.5, 0.6) is 5.75 Å². The summed E-state index contributed by atoms with van der Waals surface area (Å²) in [6, 6.07) is 6.12. The minimum absolute atomic E-state index is 0.439. The quantitative estimate of drug-likeness (QED) is 0.726. The maximum absolute atomic E-state index is 5.90. The maximum Gasteiger partial charge on any atom is 0.121 e. The van der Waals surface area contributed by atoms with Crippen LogP contribution in [0.2, 0.25) is 0 Å². The standard InChI is InChI=1S/C13H22N2O/c1-4-5-6-10(2)15-13-9-11(16-3)7-8-12(13)14/h7-10,15H,4-6,14H2,1-3H3. The molecule has 90 valence electrons. The van der Waals surface area contributed by atoms with Crippen molar-refractivity contribution in [2.24, 2.45) is 0 Å². The van der Waals surface area contributed by atoms with E-state index >= 15 is 0 Å². The van der Waals surface area contributed by atoms with Gasteiger partial charge in [0, 0.05) is 12.1 Å². The molecule has 1 aromatic rings. The van der Waals surface area contributed by atoms with Crippen molar-refractivity contribution in [1.82, 2.24) is 0 Å². The molecular weight excluding hydrogens is 200 g/mol. The van der Waals surface area contributed by atoms with Crippen molar-refractivity contribution in [2.75, 3.05) is 18.2 Å². The van der Waals surface area contributed by atoms with Crippen molar-refractivity contribution >= 4 is 11.4 Å². The Morgan fingerprint density at radius 1 is 1.44 bits per heavy atom. The molecule has 0 aromatic heterocycles. The fourth-order valence-corrected chi connectivity index (χ4v) is 1.64. The highest BCUT2D eigenvalue weighted by Crippen LogP contribution is 2.25. The Morgan fingerprint density at radius 3 is 2.81 bits per heavy atom. The zero-order chi connectivity index (χ0) is 12.0. The van der Waals surface area contributed by atoms with E-state index in [1.54, 1.807) is 7.11 Å². The van der Waals surface area contributed by atoms with Crippen LogP contribution in [0.1, 0.15) is 33.1 Å². The van der Waals surface area contributed by atoms with Gasteiger partial charge in [0.25, 0.3) is 0 Å². The Labute approximate surface area is 98.0 Å². The second-order valence-electron chi connectivity index (χ2n) is 4.14. The van der Waals surface area contributed by atoms with Crippen LogP contribution in [0, 0.1) is 0 Å². The van der Waals surface area contributed by atoms with E-state index in [9.17, 15) is 0 Å². The smallest absolute Gasteiger partial charge is 0.121 e. The van der Waals surface area contributed by atoms with Crippen molar-refractivity contribution in [1.29, 1.82) is 0 Å². The van der Waals surface area contributed by atoms with Crippen molar-refractivity contribution in [2.45, 2.75) is 39.2 Å². The molecule has 0 saturated carbocycles. The SMILES string of the molecule is CCCCC(C)Nc1cc(OC)ccc1N. The molecule has 0 aliphatic heterocycles. The number of nitrogens with one attached hydrogen (secondary N) is 1. The summed E-state index contributed by atoms with van der Waals surface area (Å²) in [5.41, 5.74) is 7.63. The first-order valence-corrected chi connectivity index (χ1v) is 5.87. The first-order valence-electron chi connectivity index (χ1n) is 5.87. The molecule has 3 N–H and O–H groups in total. The molecule has 0 radical (unpaired) electrons. The van der Waals surface area contributed by atoms with E-state index in [0.717, 1.165) is 23.5 Å². The first-order chi connectivity index (χ1) is 7.67. The van der Waals surface area contributed by atoms with Gasteiger partial charge in [0.15, 0.2) is 0 Å². The molecule has 0 amide bonds. The highest BCUT2D eigenvalue weighted by Gasteiger charge is 2.05. The van der Waals surface area contributed by atoms with Gasteiger partial charge in [-0.1, -0.05) is 19.8 Å². The zero-order valence-corrected chi connectivity index (χ0v) is 10.4. The second-order valence-corrected chi connectivity index (χ2v) is 4.14. The lowest BCUT2D eigenvalue weighted by Crippen LogP contribution is -2.15. The number of unbranched alkanes of at least 4 members (excludes halogenated alkanes) is 1. The van der Waals surface area contributed by atoms with E-state index in [1.165, 1.54) is 12.8 Å². The molecule has 0 heterocycles. The molecule has 0 aliphatic carbocycles. The van der Waals surface area contributed by atoms with Gasteiger partial charge in [0.2, 0.25) is 0 Å². The van der Waals surface area contributed by atoms with Gasteiger partial charge in [-0.25, -0.2) is 0 Å². The monoisotopic (exact) mass is 222 g/mol. The Morgan fingerprint density at radius 2 is 2.19 bits per heavy atom. The Bertz CT molecular complexity index is 326. The normalized spacial score (nSPS) is 12.2. The van der Waals surface area contributed by atoms with Crippen LogP contribution in [0.4, 0.5) is 11.4 Å². The lowest BCUT2D eigenvalue weighted by molar-refractivity contribution is 0.415. The van der Waals surface area contributed by atoms with Crippen molar-refractivity contribution < 1.29 is 4.74 Å². The molecule has 3 heteroatoms. The van der Waals surface area contributed by atoms with Crippen molar-refractivity contribution in [3.8, 4) is 5.75 Å². The summed E-state index contributed by atoms with van der Waals surface area (Å²) in [5.74, 6) is 0.833. The Hall–Kier alpha value is -1.38. The summed E-state index contributed by atoms with van der Waals surface area (Å²) in [5, 5.41) is 3.41. The number of benzene rings is 1. The summed E-state index contributed by atoms with van der Waals surface area (Å²) in [6.07, 6.45) is 3.62. The van der Waals surface area contributed by atoms with Crippen LogP contribution in [-0.2, 0) is 0 Å². The number of rotatable bonds is 6. The number of anilines is 2. The maximum atomic E-state index is 5.90. The molecule has 0 bridgehead atoms. The number of nitrogen functional groups attached to an aromatic ring is 1. The van der Waals surface area contributed by atoms with Gasteiger partial charge in [-0.05, 0) is 25.5 Å². The average molecular weight is 222 g/mol. The minimum Gasteiger partial charge on any atom is -0.497 e. The molecule has 1 unspecified atom stereocenters. The van der Waals surface area contributed by atoms with E-state index in [4.69, 9.17) is 10.5 Å². The van der Waals surface area contributed by atoms with Crippen LogP contribution >= 0.6 is 0 Å². The third kappa shape index (κ3) is 3.65. The molecular formula is C13H22N2O. The fraction of sp³-hybridized carbons (Fsp3) is 0.538. The Balaban J connectivity index is 2.64. The number of ether oxygens (including phenoxy) is 1. The summed E-state index contributed by atoms with van der Waals surface area (Å²) in [7, 11) is 1.66. The average Bonchev–Trinajstić information content (AvgIpc) is 2.29. The molecule has 3 nitrogen and oxygen atoms in total. The summed E-state index contributed by atoms with van der Waals surface area (Å²) in [6.45, 7) is 4.38. The fourth-order valence-electron chi connectivity index (χ4n) is 1.64. The number of hydrogen-bond donors (Lipinski definition) is 2. The summed E-state index contributed by atoms with van der Waals surface area (Å²) in [4.78, 5) is 0. The minimum atomic E-state index is 0.439. The molecule has 1 rings (SSSR count). The van der Waals surface area contributed by atoms with Gasteiger partial charge < -0.3 is 15.8 Å². The molecule has 0 spiro atoms. The molecule has 0 aliphatic rings. The first kappa shape index (κ1) is 12.7. The lowest BCUT2D eigenvalue weighted by atomic mass is 10.1. The van der Waals surface area contributed by atoms with Gasteiger partial charge in [-0.2, -0.15) is 0 Å². The molecule has 1 aromatic carbocycles. The van der Waals surface area contributed by atoms with Crippen LogP contribution in [-0.4, -0.2) is 13.2 Å². The topological polar surface area (TPSA) is 47.3 Å². The van der Waals surface area contributed by atoms with Gasteiger partial charge in [0.05, 0.1) is 18.5 Å². The van der Waals surface area contributed by atoms with Crippen LogP contribution in [0.3, 0.4) is 0 Å². The van der Waals surface area contributed by atoms with E-state index in [0.29, 0.717) is 6.04 Å². The second kappa shape index (κ2) is 6.26.